The Kier molecular flexibility index (Phi) is 3.59. The number of aromatic nitrogens is 1. The van der Waals surface area contributed by atoms with Gasteiger partial charge < -0.3 is 4.74 Å². The van der Waals surface area contributed by atoms with Crippen LogP contribution in [0.4, 0.5) is 0 Å². The van der Waals surface area contributed by atoms with E-state index in [-0.39, 0.29) is 11.0 Å². The van der Waals surface area contributed by atoms with Gasteiger partial charge in [0.2, 0.25) is 0 Å². The molecule has 4 heteroatoms. The van der Waals surface area contributed by atoms with Crippen LogP contribution in [0.3, 0.4) is 0 Å². The molecule has 3 rings (SSSR count). The van der Waals surface area contributed by atoms with Gasteiger partial charge in [0, 0.05) is 18.6 Å². The molecule has 0 bridgehead atoms. The van der Waals surface area contributed by atoms with E-state index in [1.165, 1.54) is 9.71 Å². The Hall–Kier alpha value is -0.970. The van der Waals surface area contributed by atoms with Crippen molar-refractivity contribution in [1.82, 2.24) is 9.88 Å². The van der Waals surface area contributed by atoms with E-state index in [0.29, 0.717) is 6.04 Å². The molecule has 1 aliphatic rings. The molecule has 0 amide bonds. The fourth-order valence-electron chi connectivity index (χ4n) is 3.47. The van der Waals surface area contributed by atoms with Crippen LogP contribution in [-0.2, 0) is 11.3 Å². The SMILES string of the molecule is CO[C@]1(C)C[C@H](N(C)Cc2nc3ccccc3s2)C1(C)C. The zero-order chi connectivity index (χ0) is 15.3. The number of rotatable bonds is 4. The lowest BCUT2D eigenvalue weighted by Gasteiger charge is -2.61. The molecule has 3 nitrogen and oxygen atoms in total. The lowest BCUT2D eigenvalue weighted by molar-refractivity contribution is -0.207. The van der Waals surface area contributed by atoms with E-state index in [1.54, 1.807) is 11.3 Å². The zero-order valence-corrected chi connectivity index (χ0v) is 14.3. The maximum absolute atomic E-state index is 5.73. The van der Waals surface area contributed by atoms with Crippen molar-refractivity contribution in [3.8, 4) is 0 Å². The molecule has 1 heterocycles. The number of hydrogen-bond acceptors (Lipinski definition) is 4. The van der Waals surface area contributed by atoms with Crippen molar-refractivity contribution in [1.29, 1.82) is 0 Å². The minimum Gasteiger partial charge on any atom is -0.378 e. The van der Waals surface area contributed by atoms with E-state index in [1.807, 2.05) is 7.11 Å². The van der Waals surface area contributed by atoms with E-state index < -0.39 is 0 Å². The number of hydrogen-bond donors (Lipinski definition) is 0. The van der Waals surface area contributed by atoms with E-state index >= 15 is 0 Å². The molecule has 1 fully saturated rings. The monoisotopic (exact) mass is 304 g/mol. The summed E-state index contributed by atoms with van der Waals surface area (Å²) in [6.07, 6.45) is 1.08. The zero-order valence-electron chi connectivity index (χ0n) is 13.5. The van der Waals surface area contributed by atoms with Crippen LogP contribution >= 0.6 is 11.3 Å². The smallest absolute Gasteiger partial charge is 0.108 e. The Balaban J connectivity index is 1.74. The van der Waals surface area contributed by atoms with Crippen LogP contribution < -0.4 is 0 Å². The van der Waals surface area contributed by atoms with Gasteiger partial charge in [0.25, 0.3) is 0 Å². The number of benzene rings is 1. The normalized spacial score (nSPS) is 28.0. The second-order valence-corrected chi connectivity index (χ2v) is 7.98. The van der Waals surface area contributed by atoms with Crippen molar-refractivity contribution in [2.75, 3.05) is 14.2 Å². The number of ether oxygens (including phenoxy) is 1. The van der Waals surface area contributed by atoms with E-state index in [0.717, 1.165) is 18.5 Å². The van der Waals surface area contributed by atoms with Crippen LogP contribution in [0.15, 0.2) is 24.3 Å². The maximum Gasteiger partial charge on any atom is 0.108 e. The van der Waals surface area contributed by atoms with Gasteiger partial charge in [0.15, 0.2) is 0 Å². The second kappa shape index (κ2) is 5.04. The highest BCUT2D eigenvalue weighted by Crippen LogP contribution is 2.53. The third-order valence-electron chi connectivity index (χ3n) is 5.48. The van der Waals surface area contributed by atoms with Crippen molar-refractivity contribution >= 4 is 21.6 Å². The van der Waals surface area contributed by atoms with Crippen LogP contribution in [0.2, 0.25) is 0 Å². The summed E-state index contributed by atoms with van der Waals surface area (Å²) in [5, 5.41) is 1.19. The van der Waals surface area contributed by atoms with Crippen LogP contribution in [0.1, 0.15) is 32.2 Å². The molecule has 114 valence electrons. The molecular weight excluding hydrogens is 280 g/mol. The molecule has 0 saturated heterocycles. The fraction of sp³-hybridized carbons (Fsp3) is 0.588. The van der Waals surface area contributed by atoms with Gasteiger partial charge in [-0.1, -0.05) is 26.0 Å². The van der Waals surface area contributed by atoms with Crippen molar-refractivity contribution in [2.24, 2.45) is 5.41 Å². The summed E-state index contributed by atoms with van der Waals surface area (Å²) in [6.45, 7) is 7.74. The van der Waals surface area contributed by atoms with Crippen molar-refractivity contribution < 1.29 is 4.74 Å². The van der Waals surface area contributed by atoms with Crippen LogP contribution in [0, 0.1) is 5.41 Å². The number of para-hydroxylation sites is 1. The van der Waals surface area contributed by atoms with Gasteiger partial charge in [-0.3, -0.25) is 4.90 Å². The second-order valence-electron chi connectivity index (χ2n) is 6.87. The van der Waals surface area contributed by atoms with Gasteiger partial charge in [-0.25, -0.2) is 4.98 Å². The van der Waals surface area contributed by atoms with Gasteiger partial charge in [-0.2, -0.15) is 0 Å². The highest BCUT2D eigenvalue weighted by molar-refractivity contribution is 7.18. The topological polar surface area (TPSA) is 25.4 Å². The van der Waals surface area contributed by atoms with Crippen LogP contribution in [0.5, 0.6) is 0 Å². The molecule has 0 radical (unpaired) electrons. The molecule has 0 spiro atoms. The third kappa shape index (κ3) is 2.30. The first kappa shape index (κ1) is 14.9. The van der Waals surface area contributed by atoms with Crippen LogP contribution in [0.25, 0.3) is 10.2 Å². The lowest BCUT2D eigenvalue weighted by atomic mass is 9.55. The molecule has 1 aromatic carbocycles. The molecular formula is C17H24N2OS. The Labute approximate surface area is 130 Å². The van der Waals surface area contributed by atoms with Gasteiger partial charge in [0.05, 0.1) is 22.4 Å². The van der Waals surface area contributed by atoms with E-state index in [9.17, 15) is 0 Å². The number of fused-ring (bicyclic) bond motifs is 1. The van der Waals surface area contributed by atoms with E-state index in [2.05, 4.69) is 57.0 Å². The Morgan fingerprint density at radius 2 is 2.05 bits per heavy atom. The minimum atomic E-state index is -0.0144. The summed E-state index contributed by atoms with van der Waals surface area (Å²) in [6, 6.07) is 8.90. The summed E-state index contributed by atoms with van der Waals surface area (Å²) in [5.41, 5.74) is 1.26. The Bertz CT molecular complexity index is 618. The molecule has 2 aromatic rings. The van der Waals surface area contributed by atoms with Crippen LogP contribution in [-0.4, -0.2) is 35.7 Å². The standard InChI is InChI=1S/C17H24N2OS/c1-16(2)14(10-17(16,3)20-5)19(4)11-15-18-12-8-6-7-9-13(12)21-15/h6-9,14H,10-11H2,1-5H3/t14-,17+/m0/s1. The molecule has 2 atom stereocenters. The molecule has 1 aliphatic carbocycles. The van der Waals surface area contributed by atoms with E-state index in [4.69, 9.17) is 9.72 Å². The van der Waals surface area contributed by atoms with Crippen molar-refractivity contribution in [3.63, 3.8) is 0 Å². The first-order valence-corrected chi connectivity index (χ1v) is 8.29. The number of nitrogens with zero attached hydrogens (tertiary/aromatic N) is 2. The highest BCUT2D eigenvalue weighted by Gasteiger charge is 2.58. The summed E-state index contributed by atoms with van der Waals surface area (Å²) in [7, 11) is 4.03. The first-order valence-electron chi connectivity index (χ1n) is 7.47. The van der Waals surface area contributed by atoms with Crippen molar-refractivity contribution in [3.05, 3.63) is 29.3 Å². The summed E-state index contributed by atoms with van der Waals surface area (Å²) >= 11 is 1.80. The lowest BCUT2D eigenvalue weighted by Crippen LogP contribution is -2.67. The largest absolute Gasteiger partial charge is 0.378 e. The molecule has 21 heavy (non-hydrogen) atoms. The van der Waals surface area contributed by atoms with Gasteiger partial charge in [-0.05, 0) is 32.5 Å². The highest BCUT2D eigenvalue weighted by atomic mass is 32.1. The number of thiazole rings is 1. The summed E-state index contributed by atoms with van der Waals surface area (Å²) in [4.78, 5) is 7.17. The predicted molar refractivity (Wildman–Crippen MR) is 88.7 cm³/mol. The average molecular weight is 304 g/mol. The Morgan fingerprint density at radius 3 is 2.67 bits per heavy atom. The first-order chi connectivity index (χ1) is 9.87. The molecule has 0 aliphatic heterocycles. The summed E-state index contributed by atoms with van der Waals surface area (Å²) in [5.74, 6) is 0. The molecule has 0 N–H and O–H groups in total. The number of methoxy groups -OCH3 is 1. The average Bonchev–Trinajstić information content (AvgIpc) is 2.86. The molecule has 1 saturated carbocycles. The van der Waals surface area contributed by atoms with Gasteiger partial charge in [0.1, 0.15) is 5.01 Å². The Morgan fingerprint density at radius 1 is 1.33 bits per heavy atom. The summed E-state index contributed by atoms with van der Waals surface area (Å²) < 4.78 is 7.00. The van der Waals surface area contributed by atoms with Crippen molar-refractivity contribution in [2.45, 2.75) is 45.4 Å². The van der Waals surface area contributed by atoms with Gasteiger partial charge >= 0.3 is 0 Å². The maximum atomic E-state index is 5.73. The quantitative estimate of drug-likeness (QED) is 0.855. The minimum absolute atomic E-state index is 0.0144. The van der Waals surface area contributed by atoms with Gasteiger partial charge in [-0.15, -0.1) is 11.3 Å². The molecule has 0 unspecified atom stereocenters. The third-order valence-corrected chi connectivity index (χ3v) is 6.51. The fourth-order valence-corrected chi connectivity index (χ4v) is 4.50. The molecule has 1 aromatic heterocycles. The predicted octanol–water partition coefficient (Wildman–Crippen LogP) is 3.93.